The maximum absolute atomic E-state index is 13.4. The second-order valence-electron chi connectivity index (χ2n) is 7.13. The number of benzene rings is 3. The molecule has 2 atom stereocenters. The maximum atomic E-state index is 13.4. The zero-order valence-corrected chi connectivity index (χ0v) is 18.5. The molecular weight excluding hydrogens is 415 g/mol. The monoisotopic (exact) mass is 438 g/mol. The van der Waals surface area contributed by atoms with E-state index in [4.69, 9.17) is 9.47 Å². The van der Waals surface area contributed by atoms with Gasteiger partial charge in [-0.2, -0.15) is 0 Å². The second-order valence-corrected chi connectivity index (χ2v) is 15.1. The Hall–Kier alpha value is -2.62. The molecule has 0 N–H and O–H groups in total. The molecule has 0 aliphatic carbocycles. The van der Waals surface area contributed by atoms with E-state index in [1.54, 1.807) is 11.4 Å². The van der Waals surface area contributed by atoms with E-state index in [1.807, 2.05) is 54.6 Å². The Balaban J connectivity index is 2.16. The standard InChI is InChI=1S/C24H23O4PS/c1-27-23(25)21-22(24(26)28-2)30-29(21,18-12-6-3-7-13-18,19-14-8-4-9-15-19)20-16-10-5-11-17-20/h3-17,21-22H,1-2H3. The summed E-state index contributed by atoms with van der Waals surface area (Å²) in [7, 11) is 2.74. The summed E-state index contributed by atoms with van der Waals surface area (Å²) in [5.41, 5.74) is -0.675. The van der Waals surface area contributed by atoms with Gasteiger partial charge in [0.25, 0.3) is 0 Å². The summed E-state index contributed by atoms with van der Waals surface area (Å²) >= 11 is 1.57. The van der Waals surface area contributed by atoms with Crippen molar-refractivity contribution in [2.45, 2.75) is 10.9 Å². The van der Waals surface area contributed by atoms with E-state index in [0.717, 1.165) is 15.9 Å². The van der Waals surface area contributed by atoms with Crippen molar-refractivity contribution in [2.75, 3.05) is 14.2 Å². The zero-order valence-electron chi connectivity index (χ0n) is 16.8. The molecule has 1 fully saturated rings. The molecule has 0 amide bonds. The number of rotatable bonds is 5. The van der Waals surface area contributed by atoms with E-state index in [0.29, 0.717) is 0 Å². The first-order valence-corrected chi connectivity index (χ1v) is 13.4. The van der Waals surface area contributed by atoms with Gasteiger partial charge >= 0.3 is 180 Å². The third-order valence-electron chi connectivity index (χ3n) is 5.83. The Labute approximate surface area is 180 Å². The fourth-order valence-electron chi connectivity index (χ4n) is 4.57. The van der Waals surface area contributed by atoms with E-state index in [2.05, 4.69) is 36.4 Å². The fraction of sp³-hybridized carbons (Fsp3) is 0.167. The molecule has 1 aliphatic rings. The molecule has 2 unspecified atom stereocenters. The van der Waals surface area contributed by atoms with E-state index in [1.165, 1.54) is 14.2 Å². The van der Waals surface area contributed by atoms with Crippen LogP contribution in [0.5, 0.6) is 0 Å². The van der Waals surface area contributed by atoms with Crippen molar-refractivity contribution in [3.8, 4) is 0 Å². The van der Waals surface area contributed by atoms with Crippen LogP contribution in [0.4, 0.5) is 0 Å². The first-order valence-electron chi connectivity index (χ1n) is 9.62. The number of ether oxygens (including phenoxy) is 2. The van der Waals surface area contributed by atoms with Gasteiger partial charge in [-0.25, -0.2) is 0 Å². The minimum atomic E-state index is -3.46. The van der Waals surface area contributed by atoms with Crippen LogP contribution in [0.2, 0.25) is 0 Å². The van der Waals surface area contributed by atoms with Gasteiger partial charge in [-0.3, -0.25) is 0 Å². The first-order chi connectivity index (χ1) is 14.6. The number of methoxy groups -OCH3 is 2. The van der Waals surface area contributed by atoms with Crippen LogP contribution < -0.4 is 15.9 Å². The van der Waals surface area contributed by atoms with Crippen molar-refractivity contribution in [1.82, 2.24) is 0 Å². The molecule has 4 nitrogen and oxygen atoms in total. The average Bonchev–Trinajstić information content (AvgIpc) is 2.81. The van der Waals surface area contributed by atoms with Crippen molar-refractivity contribution in [1.29, 1.82) is 0 Å². The van der Waals surface area contributed by atoms with Crippen LogP contribution >= 0.6 is 17.2 Å². The van der Waals surface area contributed by atoms with Crippen molar-refractivity contribution >= 4 is 45.0 Å². The molecule has 4 rings (SSSR count). The zero-order chi connectivity index (χ0) is 21.2. The van der Waals surface area contributed by atoms with Gasteiger partial charge in [-0.1, -0.05) is 0 Å². The molecule has 6 heteroatoms. The Kier molecular flexibility index (Phi) is 5.44. The molecule has 0 aromatic heterocycles. The molecule has 1 heterocycles. The average molecular weight is 438 g/mol. The van der Waals surface area contributed by atoms with E-state index < -0.39 is 28.7 Å². The number of carbonyl (C=O) groups excluding carboxylic acids is 2. The molecule has 3 aromatic carbocycles. The van der Waals surface area contributed by atoms with Gasteiger partial charge in [0.2, 0.25) is 0 Å². The van der Waals surface area contributed by atoms with Gasteiger partial charge in [0, 0.05) is 0 Å². The number of esters is 2. The Morgan fingerprint density at radius 2 is 1.03 bits per heavy atom. The van der Waals surface area contributed by atoms with E-state index in [9.17, 15) is 9.59 Å². The Morgan fingerprint density at radius 1 is 0.667 bits per heavy atom. The Morgan fingerprint density at radius 3 is 1.37 bits per heavy atom. The summed E-state index contributed by atoms with van der Waals surface area (Å²) < 4.78 is 10.4. The van der Waals surface area contributed by atoms with Crippen LogP contribution in [0.1, 0.15) is 0 Å². The third kappa shape index (κ3) is 2.65. The third-order valence-corrected chi connectivity index (χ3v) is 17.3. The second kappa shape index (κ2) is 7.90. The van der Waals surface area contributed by atoms with Crippen molar-refractivity contribution in [2.24, 2.45) is 0 Å². The van der Waals surface area contributed by atoms with Gasteiger partial charge in [-0.15, -0.1) is 0 Å². The Bertz CT molecular complexity index is 957. The van der Waals surface area contributed by atoms with Crippen molar-refractivity contribution < 1.29 is 19.1 Å². The molecule has 0 radical (unpaired) electrons. The SMILES string of the molecule is COC(=O)C1SP(c2ccccc2)(c2ccccc2)(c2ccccc2)C1C(=O)OC. The van der Waals surface area contributed by atoms with Gasteiger partial charge in [-0.05, 0) is 0 Å². The van der Waals surface area contributed by atoms with Gasteiger partial charge < -0.3 is 0 Å². The summed E-state index contributed by atoms with van der Waals surface area (Å²) in [5, 5.41) is 2.49. The predicted molar refractivity (Wildman–Crippen MR) is 124 cm³/mol. The first kappa shape index (κ1) is 20.6. The van der Waals surface area contributed by atoms with Gasteiger partial charge in [0.1, 0.15) is 0 Å². The molecule has 154 valence electrons. The van der Waals surface area contributed by atoms with Gasteiger partial charge in [0.15, 0.2) is 0 Å². The van der Waals surface area contributed by atoms with Crippen LogP contribution in [0.15, 0.2) is 91.0 Å². The fourth-order valence-corrected chi connectivity index (χ4v) is 16.5. The number of carbonyl (C=O) groups is 2. The van der Waals surface area contributed by atoms with Crippen LogP contribution in [0.3, 0.4) is 0 Å². The van der Waals surface area contributed by atoms with Crippen LogP contribution in [-0.4, -0.2) is 37.1 Å². The minimum absolute atomic E-state index is 0.390. The molecule has 0 spiro atoms. The number of hydrogen-bond acceptors (Lipinski definition) is 5. The van der Waals surface area contributed by atoms with Crippen molar-refractivity contribution in [3.05, 3.63) is 91.0 Å². The van der Waals surface area contributed by atoms with E-state index in [-0.39, 0.29) is 0 Å². The van der Waals surface area contributed by atoms with Crippen LogP contribution in [-0.2, 0) is 19.1 Å². The van der Waals surface area contributed by atoms with E-state index >= 15 is 0 Å². The molecule has 1 aliphatic heterocycles. The predicted octanol–water partition coefficient (Wildman–Crippen LogP) is 3.26. The summed E-state index contributed by atoms with van der Waals surface area (Å²) in [5.74, 6) is -4.25. The summed E-state index contributed by atoms with van der Waals surface area (Å²) in [6, 6.07) is 30.2. The summed E-state index contributed by atoms with van der Waals surface area (Å²) in [4.78, 5) is 26.1. The normalized spacial score (nSPS) is 22.5. The molecule has 0 saturated carbocycles. The summed E-state index contributed by atoms with van der Waals surface area (Å²) in [6.45, 7) is 0. The van der Waals surface area contributed by atoms with Crippen LogP contribution in [0.25, 0.3) is 0 Å². The molecule has 30 heavy (non-hydrogen) atoms. The van der Waals surface area contributed by atoms with Crippen molar-refractivity contribution in [3.63, 3.8) is 0 Å². The molecule has 0 bridgehead atoms. The topological polar surface area (TPSA) is 52.6 Å². The quantitative estimate of drug-likeness (QED) is 0.452. The van der Waals surface area contributed by atoms with Gasteiger partial charge in [0.05, 0.1) is 0 Å². The molecule has 1 saturated heterocycles. The molecular formula is C24H23O4PS. The van der Waals surface area contributed by atoms with Crippen LogP contribution in [0, 0.1) is 0 Å². The molecule has 3 aromatic rings. The number of hydrogen-bond donors (Lipinski definition) is 0. The summed E-state index contributed by atoms with van der Waals surface area (Å²) in [6.07, 6.45) is 0.